The van der Waals surface area contributed by atoms with Crippen molar-refractivity contribution in [2.45, 2.75) is 26.2 Å². The Labute approximate surface area is 146 Å². The van der Waals surface area contributed by atoms with E-state index in [0.29, 0.717) is 6.07 Å². The minimum atomic E-state index is -3.14. The Morgan fingerprint density at radius 2 is 2.00 bits per heavy atom. The van der Waals surface area contributed by atoms with Crippen LogP contribution < -0.4 is 0 Å². The van der Waals surface area contributed by atoms with Gasteiger partial charge in [0.15, 0.2) is 0 Å². The van der Waals surface area contributed by atoms with E-state index >= 15 is 0 Å². The van der Waals surface area contributed by atoms with E-state index in [0.717, 1.165) is 18.3 Å². The molecule has 6 nitrogen and oxygen atoms in total. The summed E-state index contributed by atoms with van der Waals surface area (Å²) in [5.41, 5.74) is -1.78. The number of hydrogen-bond donors (Lipinski definition) is 0. The Balaban J connectivity index is 2.61. The van der Waals surface area contributed by atoms with Crippen molar-refractivity contribution < 1.29 is 27.6 Å². The van der Waals surface area contributed by atoms with Gasteiger partial charge in [0, 0.05) is 29.8 Å². The third-order valence-corrected chi connectivity index (χ3v) is 3.65. The fraction of sp³-hybridized carbons (Fsp3) is 0.294. The number of benzene rings is 1. The molecule has 0 radical (unpaired) electrons. The molecule has 0 bridgehead atoms. The van der Waals surface area contributed by atoms with Crippen LogP contribution in [0.3, 0.4) is 0 Å². The number of nitro groups is 1. The quantitative estimate of drug-likeness (QED) is 0.427. The number of ether oxygens (including phenoxy) is 1. The maximum absolute atomic E-state index is 14.5. The lowest BCUT2D eigenvalue weighted by molar-refractivity contribution is -0.385. The minimum absolute atomic E-state index is 0.0242. The fourth-order valence-electron chi connectivity index (χ4n) is 2.30. The van der Waals surface area contributed by atoms with Crippen molar-refractivity contribution in [2.24, 2.45) is 0 Å². The van der Waals surface area contributed by atoms with E-state index in [-0.39, 0.29) is 23.3 Å². The van der Waals surface area contributed by atoms with Gasteiger partial charge in [-0.15, -0.1) is 0 Å². The number of carbonyl (C=O) groups is 1. The lowest BCUT2D eigenvalue weighted by atomic mass is 9.98. The van der Waals surface area contributed by atoms with Gasteiger partial charge < -0.3 is 4.74 Å². The van der Waals surface area contributed by atoms with Gasteiger partial charge in [-0.3, -0.25) is 15.1 Å². The number of carbonyl (C=O) groups excluding carboxylic acids is 1. The molecular weight excluding hydrogens is 353 g/mol. The van der Waals surface area contributed by atoms with E-state index in [1.54, 1.807) is 0 Å². The summed E-state index contributed by atoms with van der Waals surface area (Å²) in [7, 11) is 0. The Kier molecular flexibility index (Phi) is 5.59. The van der Waals surface area contributed by atoms with Gasteiger partial charge in [0.1, 0.15) is 11.5 Å². The zero-order valence-electron chi connectivity index (χ0n) is 14.0. The molecule has 0 spiro atoms. The van der Waals surface area contributed by atoms with E-state index in [1.165, 1.54) is 19.9 Å². The number of esters is 1. The molecule has 138 valence electrons. The van der Waals surface area contributed by atoms with Crippen LogP contribution in [-0.4, -0.2) is 22.5 Å². The number of hydrogen-bond acceptors (Lipinski definition) is 5. The van der Waals surface area contributed by atoms with Crippen LogP contribution in [0.5, 0.6) is 0 Å². The number of nitro benzene ring substituents is 1. The first-order valence-electron chi connectivity index (χ1n) is 7.71. The van der Waals surface area contributed by atoms with Crippen molar-refractivity contribution in [1.82, 2.24) is 4.98 Å². The zero-order chi connectivity index (χ0) is 19.5. The van der Waals surface area contributed by atoms with E-state index < -0.39 is 40.4 Å². The van der Waals surface area contributed by atoms with Crippen molar-refractivity contribution in [3.8, 4) is 11.1 Å². The van der Waals surface area contributed by atoms with Crippen molar-refractivity contribution in [3.63, 3.8) is 0 Å². The third kappa shape index (κ3) is 3.81. The molecule has 0 aliphatic carbocycles. The lowest BCUT2D eigenvalue weighted by Gasteiger charge is -2.14. The van der Waals surface area contributed by atoms with Crippen molar-refractivity contribution >= 4 is 11.7 Å². The molecule has 0 aliphatic heterocycles. The summed E-state index contributed by atoms with van der Waals surface area (Å²) in [6.07, 6.45) is 0.533. The van der Waals surface area contributed by atoms with Crippen LogP contribution in [0.1, 0.15) is 36.3 Å². The monoisotopic (exact) mass is 368 g/mol. The van der Waals surface area contributed by atoms with Crippen molar-refractivity contribution in [1.29, 1.82) is 0 Å². The zero-order valence-corrected chi connectivity index (χ0v) is 14.0. The van der Waals surface area contributed by atoms with E-state index in [4.69, 9.17) is 4.74 Å². The standard InChI is InChI=1S/C17H15F3N2O4/c1-3-17(19,20)14-6-5-10(9-21-14)15-12(16(23)26-4-2)7-11(22(24)25)8-13(15)18/h5-9H,3-4H2,1-2H3. The number of alkyl halides is 2. The number of pyridine rings is 1. The molecule has 1 aromatic carbocycles. The first-order chi connectivity index (χ1) is 12.2. The second-order valence-corrected chi connectivity index (χ2v) is 5.32. The molecule has 1 heterocycles. The second-order valence-electron chi connectivity index (χ2n) is 5.32. The molecule has 0 atom stereocenters. The maximum atomic E-state index is 14.5. The fourth-order valence-corrected chi connectivity index (χ4v) is 2.30. The second kappa shape index (κ2) is 7.51. The molecule has 2 rings (SSSR count). The van der Waals surface area contributed by atoms with E-state index in [2.05, 4.69) is 4.98 Å². The van der Waals surface area contributed by atoms with Gasteiger partial charge in [-0.2, -0.15) is 8.78 Å². The van der Waals surface area contributed by atoms with Crippen LogP contribution >= 0.6 is 0 Å². The molecule has 0 aliphatic rings. The molecule has 0 fully saturated rings. The van der Waals surface area contributed by atoms with Gasteiger partial charge in [0.25, 0.3) is 11.6 Å². The van der Waals surface area contributed by atoms with Gasteiger partial charge in [-0.25, -0.2) is 9.18 Å². The molecule has 0 unspecified atom stereocenters. The van der Waals surface area contributed by atoms with E-state index in [9.17, 15) is 28.1 Å². The van der Waals surface area contributed by atoms with Crippen LogP contribution in [0.15, 0.2) is 30.5 Å². The number of halogens is 3. The highest BCUT2D eigenvalue weighted by Crippen LogP contribution is 2.34. The average molecular weight is 368 g/mol. The van der Waals surface area contributed by atoms with Gasteiger partial charge in [0.2, 0.25) is 0 Å². The molecule has 0 saturated carbocycles. The predicted molar refractivity (Wildman–Crippen MR) is 86.4 cm³/mol. The molecule has 26 heavy (non-hydrogen) atoms. The smallest absolute Gasteiger partial charge is 0.339 e. The van der Waals surface area contributed by atoms with Crippen LogP contribution in [0.2, 0.25) is 0 Å². The molecule has 9 heteroatoms. The highest BCUT2D eigenvalue weighted by molar-refractivity contribution is 5.98. The largest absolute Gasteiger partial charge is 0.462 e. The Bertz CT molecular complexity index is 839. The average Bonchev–Trinajstić information content (AvgIpc) is 2.61. The van der Waals surface area contributed by atoms with Gasteiger partial charge in [0.05, 0.1) is 23.2 Å². The highest BCUT2D eigenvalue weighted by Gasteiger charge is 2.31. The summed E-state index contributed by atoms with van der Waals surface area (Å²) in [5, 5.41) is 10.9. The number of rotatable bonds is 6. The molecule has 0 saturated heterocycles. The normalized spacial score (nSPS) is 11.3. The summed E-state index contributed by atoms with van der Waals surface area (Å²) in [6, 6.07) is 3.73. The van der Waals surface area contributed by atoms with Gasteiger partial charge in [-0.1, -0.05) is 13.0 Å². The summed E-state index contributed by atoms with van der Waals surface area (Å²) in [4.78, 5) is 25.8. The Morgan fingerprint density at radius 3 is 2.50 bits per heavy atom. The predicted octanol–water partition coefficient (Wildman–Crippen LogP) is 4.47. The third-order valence-electron chi connectivity index (χ3n) is 3.65. The molecule has 2 aromatic rings. The molecular formula is C17H15F3N2O4. The SMILES string of the molecule is CCOC(=O)c1cc([N+](=O)[O-])cc(F)c1-c1ccc(C(F)(F)CC)nc1. The number of non-ortho nitro benzene ring substituents is 1. The lowest BCUT2D eigenvalue weighted by Crippen LogP contribution is -2.13. The van der Waals surface area contributed by atoms with E-state index in [1.807, 2.05) is 0 Å². The van der Waals surface area contributed by atoms with Crippen LogP contribution in [0.25, 0.3) is 11.1 Å². The minimum Gasteiger partial charge on any atom is -0.462 e. The first kappa shape index (κ1) is 19.4. The van der Waals surface area contributed by atoms with Crippen LogP contribution in [-0.2, 0) is 10.7 Å². The highest BCUT2D eigenvalue weighted by atomic mass is 19.3. The first-order valence-corrected chi connectivity index (χ1v) is 7.71. The number of aromatic nitrogens is 1. The number of nitrogens with zero attached hydrogens (tertiary/aromatic N) is 2. The Hall–Kier alpha value is -2.97. The Morgan fingerprint density at radius 1 is 1.31 bits per heavy atom. The maximum Gasteiger partial charge on any atom is 0.339 e. The summed E-state index contributed by atoms with van der Waals surface area (Å²) in [5.74, 6) is -5.16. The van der Waals surface area contributed by atoms with Crippen molar-refractivity contribution in [3.05, 3.63) is 57.7 Å². The molecule has 0 N–H and O–H groups in total. The summed E-state index contributed by atoms with van der Waals surface area (Å²) >= 11 is 0. The summed E-state index contributed by atoms with van der Waals surface area (Å²) < 4.78 is 46.6. The van der Waals surface area contributed by atoms with Gasteiger partial charge >= 0.3 is 5.97 Å². The molecule has 0 amide bonds. The van der Waals surface area contributed by atoms with Crippen LogP contribution in [0.4, 0.5) is 18.9 Å². The van der Waals surface area contributed by atoms with Gasteiger partial charge in [-0.05, 0) is 13.0 Å². The summed E-state index contributed by atoms with van der Waals surface area (Å²) in [6.45, 7) is 2.79. The van der Waals surface area contributed by atoms with Crippen LogP contribution in [0, 0.1) is 15.9 Å². The van der Waals surface area contributed by atoms with Crippen molar-refractivity contribution in [2.75, 3.05) is 6.61 Å². The topological polar surface area (TPSA) is 82.3 Å². The molecule has 1 aromatic heterocycles.